The Hall–Kier alpha value is -8.11. The van der Waals surface area contributed by atoms with Crippen molar-refractivity contribution < 1.29 is 59.0 Å². The Labute approximate surface area is 447 Å². The van der Waals surface area contributed by atoms with Gasteiger partial charge < -0.3 is 77.4 Å². The van der Waals surface area contributed by atoms with E-state index in [-0.39, 0.29) is 99.1 Å². The number of carbonyl (C=O) groups excluding carboxylic acids is 6. The first kappa shape index (κ1) is 59.8. The van der Waals surface area contributed by atoms with Gasteiger partial charge >= 0.3 is 6.03 Å². The van der Waals surface area contributed by atoms with Crippen LogP contribution in [-0.4, -0.2) is 146 Å². The molecule has 0 spiro atoms. The number of carbonyl (C=O) groups is 6. The highest BCUT2D eigenvalue weighted by atomic mass is 16.5. The number of urea groups is 1. The summed E-state index contributed by atoms with van der Waals surface area (Å²) >= 11 is 0. The van der Waals surface area contributed by atoms with E-state index in [1.165, 1.54) is 42.5 Å². The molecule has 0 saturated carbocycles. The summed E-state index contributed by atoms with van der Waals surface area (Å²) < 4.78 is 6.33. The molecule has 1 atom stereocenters. The number of ether oxygens (including phenoxy) is 1. The van der Waals surface area contributed by atoms with Crippen LogP contribution in [0.2, 0.25) is 0 Å². The van der Waals surface area contributed by atoms with Crippen LogP contribution in [0.5, 0.6) is 28.7 Å². The topological polar surface area (TPSA) is 329 Å². The number of aromatic nitrogens is 2. The Kier molecular flexibility index (Phi) is 21.0. The van der Waals surface area contributed by atoms with E-state index in [1.807, 2.05) is 0 Å². The number of hydrogen-bond donors (Lipinski definition) is 13. The molecule has 22 nitrogen and oxygen atoms in total. The standard InChI is InChI=1S/C55H74N10O12/c1-8-65(9-2)30-29-59-50(74)46-62-39-22-21-35(31-40(39)63-46)61-52(76)60-32-54(6,7)77-33-53(4,5)64-51(75)55(25-28-58-49(73)38-17-12-20-43(68)45(38)70,23-13-26-56-47(71)36-15-10-18-41(66)34(36)3)24-14-27-57-48(72)37-16-11-19-42(67)44(37)69/h10-12,15-22,31,66-70H,8-9,13-14,23-30,32-33H2,1-7H3,(H,56,71)(H,57,72)(H,58,73)(H,59,74)(H,62,63)(H,64,75)(H2,60,61,76). The molecule has 0 aliphatic rings. The second kappa shape index (κ2) is 27.1. The maximum atomic E-state index is 15.0. The van der Waals surface area contributed by atoms with E-state index < -0.39 is 69.2 Å². The van der Waals surface area contributed by atoms with Gasteiger partial charge in [-0.15, -0.1) is 0 Å². The quantitative estimate of drug-likeness (QED) is 0.0217. The monoisotopic (exact) mass is 1070 g/mol. The lowest BCUT2D eigenvalue weighted by Crippen LogP contribution is -2.55. The fourth-order valence-corrected chi connectivity index (χ4v) is 8.49. The van der Waals surface area contributed by atoms with Gasteiger partial charge in [0.15, 0.2) is 28.8 Å². The maximum Gasteiger partial charge on any atom is 0.319 e. The van der Waals surface area contributed by atoms with Crippen LogP contribution in [0, 0.1) is 12.3 Å². The number of H-pyrrole nitrogens is 1. The number of fused-ring (bicyclic) bond motifs is 1. The minimum absolute atomic E-state index is 0.0214. The minimum Gasteiger partial charge on any atom is -0.508 e. The zero-order valence-electron chi connectivity index (χ0n) is 44.8. The molecular formula is C55H74N10O12. The number of hydrogen-bond acceptors (Lipinski definition) is 14. The third-order valence-electron chi connectivity index (χ3n) is 13.2. The first-order valence-corrected chi connectivity index (χ1v) is 25.7. The summed E-state index contributed by atoms with van der Waals surface area (Å²) in [7, 11) is 0. The summed E-state index contributed by atoms with van der Waals surface area (Å²) in [6.45, 7) is 15.7. The number of aromatic amines is 1. The van der Waals surface area contributed by atoms with Crippen LogP contribution < -0.4 is 37.2 Å². The lowest BCUT2D eigenvalue weighted by molar-refractivity contribution is -0.136. The van der Waals surface area contributed by atoms with Crippen molar-refractivity contribution in [1.82, 2.24) is 46.8 Å². The van der Waals surface area contributed by atoms with Crippen LogP contribution >= 0.6 is 0 Å². The van der Waals surface area contributed by atoms with Crippen molar-refractivity contribution in [3.63, 3.8) is 0 Å². The number of nitrogens with zero attached hydrogens (tertiary/aromatic N) is 2. The molecule has 7 amide bonds. The molecule has 1 heterocycles. The number of phenols is 5. The number of likely N-dealkylation sites (N-methyl/N-ethyl adjacent to an activating group) is 1. The summed E-state index contributed by atoms with van der Waals surface area (Å²) in [6, 6.07) is 17.0. The van der Waals surface area contributed by atoms with Gasteiger partial charge in [0.2, 0.25) is 5.91 Å². The summed E-state index contributed by atoms with van der Waals surface area (Å²) in [5, 5.41) is 70.9. The van der Waals surface area contributed by atoms with Gasteiger partial charge in [-0.2, -0.15) is 0 Å². The number of anilines is 1. The molecule has 0 fully saturated rings. The van der Waals surface area contributed by atoms with Gasteiger partial charge in [0.25, 0.3) is 23.6 Å². The molecule has 4 aromatic carbocycles. The highest BCUT2D eigenvalue weighted by molar-refractivity contribution is 5.99. The van der Waals surface area contributed by atoms with E-state index in [2.05, 4.69) is 65.9 Å². The van der Waals surface area contributed by atoms with Gasteiger partial charge in [0, 0.05) is 56.1 Å². The van der Waals surface area contributed by atoms with Gasteiger partial charge in [-0.25, -0.2) is 9.78 Å². The Morgan fingerprint density at radius 3 is 1.75 bits per heavy atom. The van der Waals surface area contributed by atoms with Crippen molar-refractivity contribution in [1.29, 1.82) is 0 Å². The smallest absolute Gasteiger partial charge is 0.319 e. The van der Waals surface area contributed by atoms with Crippen LogP contribution in [0.25, 0.3) is 11.0 Å². The normalized spacial score (nSPS) is 12.4. The van der Waals surface area contributed by atoms with Crippen molar-refractivity contribution in [2.75, 3.05) is 64.3 Å². The van der Waals surface area contributed by atoms with Gasteiger partial charge in [-0.3, -0.25) is 24.0 Å². The van der Waals surface area contributed by atoms with Crippen LogP contribution in [0.1, 0.15) is 121 Å². The van der Waals surface area contributed by atoms with Crippen molar-refractivity contribution in [3.8, 4) is 28.7 Å². The van der Waals surface area contributed by atoms with Crippen LogP contribution in [0.3, 0.4) is 0 Å². The fraction of sp³-hybridized carbons (Fsp3) is 0.436. The Morgan fingerprint density at radius 2 is 1.17 bits per heavy atom. The zero-order chi connectivity index (χ0) is 56.5. The molecule has 0 saturated heterocycles. The summed E-state index contributed by atoms with van der Waals surface area (Å²) in [5.74, 6) is -4.68. The molecule has 0 bridgehead atoms. The molecule has 416 valence electrons. The molecular weight excluding hydrogens is 993 g/mol. The molecule has 0 aliphatic carbocycles. The largest absolute Gasteiger partial charge is 0.508 e. The van der Waals surface area contributed by atoms with E-state index >= 15 is 0 Å². The number of nitrogens with one attached hydrogen (secondary N) is 8. The Morgan fingerprint density at radius 1 is 0.636 bits per heavy atom. The molecule has 22 heteroatoms. The minimum atomic E-state index is -1.30. The predicted octanol–water partition coefficient (Wildman–Crippen LogP) is 5.51. The molecule has 1 unspecified atom stereocenters. The van der Waals surface area contributed by atoms with Gasteiger partial charge in [0.05, 0.1) is 45.3 Å². The summed E-state index contributed by atoms with van der Waals surface area (Å²) in [4.78, 5) is 90.2. The number of amides is 7. The summed E-state index contributed by atoms with van der Waals surface area (Å²) in [6.07, 6.45) is 0.756. The van der Waals surface area contributed by atoms with Gasteiger partial charge in [-0.05, 0) is 134 Å². The zero-order valence-corrected chi connectivity index (χ0v) is 44.8. The van der Waals surface area contributed by atoms with Gasteiger partial charge in [-0.1, -0.05) is 32.0 Å². The average molecular weight is 1070 g/mol. The molecule has 77 heavy (non-hydrogen) atoms. The van der Waals surface area contributed by atoms with E-state index in [4.69, 9.17) is 4.74 Å². The van der Waals surface area contributed by atoms with E-state index in [0.717, 1.165) is 13.1 Å². The first-order valence-electron chi connectivity index (χ1n) is 25.7. The first-order chi connectivity index (χ1) is 36.5. The summed E-state index contributed by atoms with van der Waals surface area (Å²) in [5.41, 5.74) is -1.46. The SMILES string of the molecule is CCN(CC)CCNC(=O)c1nc2ccc(NC(=O)NCC(C)(C)OCC(C)(C)NC(=O)C(CCCNC(=O)c3cccc(O)c3C)(CCCNC(=O)c3cccc(O)c3O)CCNC(=O)c3cccc(O)c3O)cc2[nH]1. The van der Waals surface area contributed by atoms with Crippen LogP contribution in [0.15, 0.2) is 72.8 Å². The Balaban J connectivity index is 1.27. The number of phenolic OH excluding ortho intramolecular Hbond substituents is 5. The molecule has 0 radical (unpaired) electrons. The number of rotatable bonds is 28. The highest BCUT2D eigenvalue weighted by Crippen LogP contribution is 2.36. The molecule has 1 aromatic heterocycles. The maximum absolute atomic E-state index is 15.0. The molecule has 13 N–H and O–H groups in total. The third-order valence-corrected chi connectivity index (χ3v) is 13.2. The molecule has 5 rings (SSSR count). The Bertz CT molecular complexity index is 2810. The molecule has 0 aliphatic heterocycles. The third kappa shape index (κ3) is 16.9. The lowest BCUT2D eigenvalue weighted by Gasteiger charge is -2.38. The van der Waals surface area contributed by atoms with Crippen molar-refractivity contribution in [2.45, 2.75) is 91.7 Å². The second-order valence-electron chi connectivity index (χ2n) is 20.1. The van der Waals surface area contributed by atoms with Crippen LogP contribution in [0.4, 0.5) is 10.5 Å². The van der Waals surface area contributed by atoms with Crippen LogP contribution in [-0.2, 0) is 9.53 Å². The average Bonchev–Trinajstić information content (AvgIpc) is 3.82. The number of benzene rings is 4. The number of imidazole rings is 1. The predicted molar refractivity (Wildman–Crippen MR) is 290 cm³/mol. The second-order valence-corrected chi connectivity index (χ2v) is 20.1. The molecule has 5 aromatic rings. The highest BCUT2D eigenvalue weighted by Gasteiger charge is 2.40. The van der Waals surface area contributed by atoms with Crippen molar-refractivity contribution in [2.24, 2.45) is 5.41 Å². The number of aromatic hydroxyl groups is 5. The lowest BCUT2D eigenvalue weighted by atomic mass is 9.74. The van der Waals surface area contributed by atoms with E-state index in [1.54, 1.807) is 65.0 Å². The van der Waals surface area contributed by atoms with Crippen molar-refractivity contribution in [3.05, 3.63) is 101 Å². The van der Waals surface area contributed by atoms with Gasteiger partial charge in [0.1, 0.15) is 5.75 Å². The van der Waals surface area contributed by atoms with Crippen molar-refractivity contribution >= 4 is 52.3 Å². The van der Waals surface area contributed by atoms with E-state index in [9.17, 15) is 54.3 Å². The fourth-order valence-electron chi connectivity index (χ4n) is 8.49. The number of para-hydroxylation sites is 2. The van der Waals surface area contributed by atoms with E-state index in [0.29, 0.717) is 35.4 Å².